The van der Waals surface area contributed by atoms with Gasteiger partial charge < -0.3 is 19.9 Å². The van der Waals surface area contributed by atoms with E-state index in [0.29, 0.717) is 0 Å². The molecule has 1 saturated heterocycles. The van der Waals surface area contributed by atoms with Crippen molar-refractivity contribution >= 4 is 17.8 Å². The number of nitrogens with two attached hydrogens (primary N) is 1. The molecular weight excluding hydrogens is 294 g/mol. The van der Waals surface area contributed by atoms with Crippen molar-refractivity contribution in [3.63, 3.8) is 0 Å². The van der Waals surface area contributed by atoms with Gasteiger partial charge in [-0.1, -0.05) is 0 Å². The number of ether oxygens (including phenoxy) is 3. The van der Waals surface area contributed by atoms with Crippen molar-refractivity contribution in [3.05, 3.63) is 22.7 Å². The van der Waals surface area contributed by atoms with Gasteiger partial charge in [0, 0.05) is 26.5 Å². The zero-order valence-electron chi connectivity index (χ0n) is 12.2. The van der Waals surface area contributed by atoms with Crippen LogP contribution < -0.4 is 11.4 Å². The minimum absolute atomic E-state index is 0.0685. The van der Waals surface area contributed by atoms with Gasteiger partial charge in [-0.3, -0.25) is 14.2 Å². The normalized spacial score (nSPS) is 24.0. The van der Waals surface area contributed by atoms with Gasteiger partial charge in [-0.2, -0.15) is 4.98 Å². The molecule has 1 fully saturated rings. The summed E-state index contributed by atoms with van der Waals surface area (Å²) in [7, 11) is 0. The van der Waals surface area contributed by atoms with Crippen molar-refractivity contribution in [3.8, 4) is 0 Å². The summed E-state index contributed by atoms with van der Waals surface area (Å²) in [6.45, 7) is 2.47. The van der Waals surface area contributed by atoms with Crippen LogP contribution in [0.25, 0.3) is 0 Å². The monoisotopic (exact) mass is 311 g/mol. The summed E-state index contributed by atoms with van der Waals surface area (Å²) in [6, 6.07) is 1.46. The summed E-state index contributed by atoms with van der Waals surface area (Å²) in [5, 5.41) is 0. The number of hydrogen-bond donors (Lipinski definition) is 1. The van der Waals surface area contributed by atoms with E-state index in [4.69, 9.17) is 19.9 Å². The number of aromatic nitrogens is 2. The molecule has 0 spiro atoms. The van der Waals surface area contributed by atoms with Crippen molar-refractivity contribution in [2.24, 2.45) is 0 Å². The largest absolute Gasteiger partial charge is 0.463 e. The van der Waals surface area contributed by atoms with Crippen molar-refractivity contribution in [1.82, 2.24) is 9.55 Å². The second-order valence-electron chi connectivity index (χ2n) is 4.86. The van der Waals surface area contributed by atoms with Crippen molar-refractivity contribution in [1.29, 1.82) is 0 Å². The molecule has 1 aliphatic rings. The molecule has 9 nitrogen and oxygen atoms in total. The van der Waals surface area contributed by atoms with Gasteiger partial charge in [0.25, 0.3) is 0 Å². The molecule has 0 radical (unpaired) electrons. The van der Waals surface area contributed by atoms with E-state index in [1.54, 1.807) is 0 Å². The highest BCUT2D eigenvalue weighted by Gasteiger charge is 2.39. The highest BCUT2D eigenvalue weighted by Crippen LogP contribution is 2.30. The number of esters is 2. The van der Waals surface area contributed by atoms with Crippen LogP contribution in [0.15, 0.2) is 17.1 Å². The smallest absolute Gasteiger partial charge is 0.351 e. The molecule has 3 atom stereocenters. The van der Waals surface area contributed by atoms with E-state index in [1.165, 1.54) is 30.7 Å². The first-order valence-corrected chi connectivity index (χ1v) is 6.67. The van der Waals surface area contributed by atoms with Crippen LogP contribution in [0.1, 0.15) is 26.5 Å². The van der Waals surface area contributed by atoms with E-state index in [9.17, 15) is 14.4 Å². The Hall–Kier alpha value is -2.42. The average molecular weight is 311 g/mol. The summed E-state index contributed by atoms with van der Waals surface area (Å²) in [4.78, 5) is 37.5. The Balaban J connectivity index is 2.15. The van der Waals surface area contributed by atoms with Gasteiger partial charge in [0.15, 0.2) is 0 Å². The fourth-order valence-electron chi connectivity index (χ4n) is 2.20. The first-order chi connectivity index (χ1) is 10.4. The number of anilines is 1. The Morgan fingerprint density at radius 2 is 2.18 bits per heavy atom. The maximum absolute atomic E-state index is 11.8. The molecule has 2 heterocycles. The number of hydrogen-bond acceptors (Lipinski definition) is 8. The Kier molecular flexibility index (Phi) is 4.76. The molecule has 1 unspecified atom stereocenters. The molecule has 9 heteroatoms. The highest BCUT2D eigenvalue weighted by molar-refractivity contribution is 5.66. The van der Waals surface area contributed by atoms with Crippen molar-refractivity contribution < 1.29 is 23.8 Å². The molecule has 0 amide bonds. The lowest BCUT2D eigenvalue weighted by Gasteiger charge is -2.17. The Morgan fingerprint density at radius 1 is 1.45 bits per heavy atom. The standard InChI is InChI=1S/C13H17N3O6/c1-7(17)20-6-10-9(21-8(2)18)5-12(22-10)16-4-3-11(14)15-13(16)19/h3-4,9-10,12H,5-6H2,1-2H3,(H2,14,15,19)/t9?,10-,12-/m1/s1. The molecule has 22 heavy (non-hydrogen) atoms. The zero-order valence-corrected chi connectivity index (χ0v) is 12.2. The van der Waals surface area contributed by atoms with Gasteiger partial charge in [0.1, 0.15) is 30.9 Å². The number of nitrogen functional groups attached to an aromatic ring is 1. The van der Waals surface area contributed by atoms with Gasteiger partial charge in [-0.25, -0.2) is 4.79 Å². The van der Waals surface area contributed by atoms with Crippen LogP contribution in [0.2, 0.25) is 0 Å². The zero-order chi connectivity index (χ0) is 16.3. The van der Waals surface area contributed by atoms with E-state index in [-0.39, 0.29) is 18.8 Å². The first kappa shape index (κ1) is 16.0. The maximum Gasteiger partial charge on any atom is 0.351 e. The lowest BCUT2D eigenvalue weighted by atomic mass is 10.2. The van der Waals surface area contributed by atoms with Gasteiger partial charge >= 0.3 is 17.6 Å². The third kappa shape index (κ3) is 3.82. The predicted octanol–water partition coefficient (Wildman–Crippen LogP) is -0.392. The number of nitrogens with zero attached hydrogens (tertiary/aromatic N) is 2. The molecule has 0 aliphatic carbocycles. The molecule has 120 valence electrons. The van der Waals surface area contributed by atoms with E-state index in [1.807, 2.05) is 0 Å². The minimum Gasteiger partial charge on any atom is -0.463 e. The third-order valence-corrected chi connectivity index (χ3v) is 3.11. The highest BCUT2D eigenvalue weighted by atomic mass is 16.6. The third-order valence-electron chi connectivity index (χ3n) is 3.11. The summed E-state index contributed by atoms with van der Waals surface area (Å²) in [6.07, 6.45) is -0.246. The Bertz CT molecular complexity index is 628. The van der Waals surface area contributed by atoms with Crippen molar-refractivity contribution in [2.75, 3.05) is 12.3 Å². The van der Waals surface area contributed by atoms with Crippen LogP contribution in [-0.4, -0.2) is 40.3 Å². The van der Waals surface area contributed by atoms with Crippen LogP contribution in [0.5, 0.6) is 0 Å². The summed E-state index contributed by atoms with van der Waals surface area (Å²) in [5.74, 6) is -0.850. The van der Waals surface area contributed by atoms with Crippen LogP contribution in [-0.2, 0) is 23.8 Å². The molecule has 1 aliphatic heterocycles. The quantitative estimate of drug-likeness (QED) is 0.746. The van der Waals surface area contributed by atoms with E-state index in [2.05, 4.69) is 4.98 Å². The van der Waals surface area contributed by atoms with Crippen LogP contribution in [0.3, 0.4) is 0 Å². The van der Waals surface area contributed by atoms with Crippen LogP contribution >= 0.6 is 0 Å². The maximum atomic E-state index is 11.8. The molecule has 1 aromatic heterocycles. The summed E-state index contributed by atoms with van der Waals surface area (Å²) >= 11 is 0. The Morgan fingerprint density at radius 3 is 2.77 bits per heavy atom. The van der Waals surface area contributed by atoms with E-state index in [0.717, 1.165) is 0 Å². The van der Waals surface area contributed by atoms with E-state index >= 15 is 0 Å². The second-order valence-corrected chi connectivity index (χ2v) is 4.86. The SMILES string of the molecule is CC(=O)OC[C@H]1O[C@@H](n2ccc(N)nc2=O)CC1OC(C)=O. The summed E-state index contributed by atoms with van der Waals surface area (Å²) < 4.78 is 17.0. The number of carbonyl (C=O) groups excluding carboxylic acids is 2. The molecule has 1 aromatic rings. The Labute approximate surface area is 126 Å². The van der Waals surface area contributed by atoms with Crippen molar-refractivity contribution in [2.45, 2.75) is 38.7 Å². The molecule has 2 N–H and O–H groups in total. The van der Waals surface area contributed by atoms with Gasteiger partial charge in [-0.05, 0) is 6.07 Å². The topological polar surface area (TPSA) is 123 Å². The fourth-order valence-corrected chi connectivity index (χ4v) is 2.20. The fraction of sp³-hybridized carbons (Fsp3) is 0.538. The predicted molar refractivity (Wildman–Crippen MR) is 73.6 cm³/mol. The average Bonchev–Trinajstić information content (AvgIpc) is 2.78. The number of carbonyl (C=O) groups is 2. The summed E-state index contributed by atoms with van der Waals surface area (Å²) in [5.41, 5.74) is 4.87. The molecule has 0 bridgehead atoms. The van der Waals surface area contributed by atoms with Gasteiger partial charge in [0.05, 0.1) is 0 Å². The van der Waals surface area contributed by atoms with Gasteiger partial charge in [0.2, 0.25) is 0 Å². The van der Waals surface area contributed by atoms with Crippen LogP contribution in [0, 0.1) is 0 Å². The number of rotatable bonds is 4. The lowest BCUT2D eigenvalue weighted by molar-refractivity contribution is -0.155. The molecule has 0 aromatic carbocycles. The molecule has 0 saturated carbocycles. The lowest BCUT2D eigenvalue weighted by Crippen LogP contribution is -2.31. The molecule has 2 rings (SSSR count). The molecular formula is C13H17N3O6. The minimum atomic E-state index is -0.675. The van der Waals surface area contributed by atoms with Crippen LogP contribution in [0.4, 0.5) is 5.82 Å². The van der Waals surface area contributed by atoms with Gasteiger partial charge in [-0.15, -0.1) is 0 Å². The van der Waals surface area contributed by atoms with E-state index < -0.39 is 36.1 Å². The second kappa shape index (κ2) is 6.56. The first-order valence-electron chi connectivity index (χ1n) is 6.67.